The fourth-order valence-corrected chi connectivity index (χ4v) is 8.59. The molecule has 3 heteroatoms. The summed E-state index contributed by atoms with van der Waals surface area (Å²) in [5, 5.41) is 7.78. The van der Waals surface area contributed by atoms with E-state index in [4.69, 9.17) is 4.98 Å². The first-order valence-corrected chi connectivity index (χ1v) is 17.1. The highest BCUT2D eigenvalue weighted by atomic mass is 32.1. The van der Waals surface area contributed by atoms with E-state index < -0.39 is 0 Å². The molecule has 0 bridgehead atoms. The standard InChI is InChI=1S/C45H28N2S/c1-3-11-29(12-4-1)32-19-23-34(37(27-32)30-13-5-2-6-14-30)33-22-26-42(46-28-33)47-38-17-9-7-15-35(38)44-39(47)24-20-31-21-25-41-45(43(31)44)36-16-8-10-18-40(36)48-41/h1-28H. The average molecular weight is 629 g/mol. The topological polar surface area (TPSA) is 17.8 Å². The van der Waals surface area contributed by atoms with Gasteiger partial charge in [-0.25, -0.2) is 4.98 Å². The summed E-state index contributed by atoms with van der Waals surface area (Å²) in [6.07, 6.45) is 2.03. The Morgan fingerprint density at radius 1 is 0.417 bits per heavy atom. The monoisotopic (exact) mass is 628 g/mol. The third-order valence-electron chi connectivity index (χ3n) is 9.66. The van der Waals surface area contributed by atoms with Crippen LogP contribution in [-0.4, -0.2) is 9.55 Å². The Labute approximate surface area is 281 Å². The Kier molecular flexibility index (Phi) is 6.08. The van der Waals surface area contributed by atoms with E-state index >= 15 is 0 Å². The summed E-state index contributed by atoms with van der Waals surface area (Å²) in [5.41, 5.74) is 9.39. The first-order chi connectivity index (χ1) is 23.8. The molecule has 0 saturated carbocycles. The van der Waals surface area contributed by atoms with Crippen LogP contribution in [0.2, 0.25) is 0 Å². The van der Waals surface area contributed by atoms with Crippen LogP contribution in [0.15, 0.2) is 170 Å². The summed E-state index contributed by atoms with van der Waals surface area (Å²) in [5.74, 6) is 0.911. The van der Waals surface area contributed by atoms with Gasteiger partial charge in [-0.05, 0) is 75.7 Å². The van der Waals surface area contributed by atoms with E-state index in [1.165, 1.54) is 75.1 Å². The van der Waals surface area contributed by atoms with Gasteiger partial charge in [-0.15, -0.1) is 11.3 Å². The van der Waals surface area contributed by atoms with Gasteiger partial charge in [0.1, 0.15) is 5.82 Å². The van der Waals surface area contributed by atoms with Crippen molar-refractivity contribution in [3.63, 3.8) is 0 Å². The van der Waals surface area contributed by atoms with Crippen molar-refractivity contribution in [1.29, 1.82) is 0 Å². The minimum absolute atomic E-state index is 0.911. The molecule has 0 fully saturated rings. The van der Waals surface area contributed by atoms with Crippen LogP contribution in [0.4, 0.5) is 0 Å². The lowest BCUT2D eigenvalue weighted by molar-refractivity contribution is 1.08. The molecule has 0 spiro atoms. The van der Waals surface area contributed by atoms with Gasteiger partial charge in [0, 0.05) is 48.1 Å². The Morgan fingerprint density at radius 3 is 1.94 bits per heavy atom. The SMILES string of the molecule is c1ccc(-c2ccc(-c3ccc(-n4c5ccccc5c5c6c(ccc7sc8ccccc8c76)ccc54)nc3)c(-c3ccccc3)c2)cc1. The molecule has 3 heterocycles. The number of aromatic nitrogens is 2. The van der Waals surface area contributed by atoms with Crippen molar-refractivity contribution in [3.8, 4) is 39.2 Å². The van der Waals surface area contributed by atoms with Crippen LogP contribution < -0.4 is 0 Å². The van der Waals surface area contributed by atoms with Gasteiger partial charge in [-0.1, -0.05) is 121 Å². The molecule has 0 amide bonds. The molecule has 0 saturated heterocycles. The maximum atomic E-state index is 5.16. The number of benzene rings is 7. The van der Waals surface area contributed by atoms with Gasteiger partial charge >= 0.3 is 0 Å². The normalized spacial score (nSPS) is 11.8. The maximum absolute atomic E-state index is 5.16. The Balaban J connectivity index is 1.17. The number of rotatable bonds is 4. The zero-order chi connectivity index (χ0) is 31.6. The van der Waals surface area contributed by atoms with Gasteiger partial charge in [0.15, 0.2) is 0 Å². The molecule has 0 radical (unpaired) electrons. The van der Waals surface area contributed by atoms with Crippen molar-refractivity contribution in [2.24, 2.45) is 0 Å². The molecular formula is C45H28N2S. The van der Waals surface area contributed by atoms with Crippen LogP contribution >= 0.6 is 11.3 Å². The van der Waals surface area contributed by atoms with E-state index in [0.717, 1.165) is 16.9 Å². The molecular weight excluding hydrogens is 601 g/mol. The molecule has 3 aromatic heterocycles. The Morgan fingerprint density at radius 2 is 1.12 bits per heavy atom. The number of pyridine rings is 1. The summed E-state index contributed by atoms with van der Waals surface area (Å²) < 4.78 is 4.98. The van der Waals surface area contributed by atoms with Gasteiger partial charge in [0.2, 0.25) is 0 Å². The highest BCUT2D eigenvalue weighted by molar-refractivity contribution is 7.26. The second kappa shape index (κ2) is 10.8. The Hall–Kier alpha value is -6.03. The smallest absolute Gasteiger partial charge is 0.137 e. The Bertz CT molecular complexity index is 2810. The van der Waals surface area contributed by atoms with Crippen LogP contribution in [-0.2, 0) is 0 Å². The lowest BCUT2D eigenvalue weighted by Gasteiger charge is -2.14. The molecule has 2 nitrogen and oxygen atoms in total. The first-order valence-electron chi connectivity index (χ1n) is 16.3. The molecule has 0 aliphatic heterocycles. The van der Waals surface area contributed by atoms with E-state index in [1.54, 1.807) is 0 Å². The minimum atomic E-state index is 0.911. The molecule has 0 aliphatic carbocycles. The molecule has 0 atom stereocenters. The van der Waals surface area contributed by atoms with Gasteiger partial charge in [0.25, 0.3) is 0 Å². The van der Waals surface area contributed by atoms with E-state index in [1.807, 2.05) is 17.5 Å². The van der Waals surface area contributed by atoms with Gasteiger partial charge in [-0.2, -0.15) is 0 Å². The van der Waals surface area contributed by atoms with E-state index in [0.29, 0.717) is 0 Å². The van der Waals surface area contributed by atoms with Crippen molar-refractivity contribution in [2.75, 3.05) is 0 Å². The van der Waals surface area contributed by atoms with Crippen molar-refractivity contribution in [3.05, 3.63) is 170 Å². The van der Waals surface area contributed by atoms with Gasteiger partial charge in [0.05, 0.1) is 11.0 Å². The lowest BCUT2D eigenvalue weighted by Crippen LogP contribution is -1.97. The maximum Gasteiger partial charge on any atom is 0.137 e. The number of thiophene rings is 1. The van der Waals surface area contributed by atoms with Crippen molar-refractivity contribution in [1.82, 2.24) is 9.55 Å². The molecule has 7 aromatic carbocycles. The quantitative estimate of drug-likeness (QED) is 0.190. The molecule has 10 aromatic rings. The predicted octanol–water partition coefficient (Wildman–Crippen LogP) is 12.7. The summed E-state index contributed by atoms with van der Waals surface area (Å²) >= 11 is 1.87. The summed E-state index contributed by atoms with van der Waals surface area (Å²) in [6.45, 7) is 0. The number of para-hydroxylation sites is 1. The molecule has 0 unspecified atom stereocenters. The second-order valence-electron chi connectivity index (χ2n) is 12.3. The van der Waals surface area contributed by atoms with Crippen LogP contribution in [0, 0.1) is 0 Å². The van der Waals surface area contributed by atoms with Crippen molar-refractivity contribution < 1.29 is 0 Å². The second-order valence-corrected chi connectivity index (χ2v) is 13.4. The van der Waals surface area contributed by atoms with Crippen molar-refractivity contribution in [2.45, 2.75) is 0 Å². The van der Waals surface area contributed by atoms with Crippen LogP contribution in [0.1, 0.15) is 0 Å². The summed E-state index contributed by atoms with van der Waals surface area (Å²) in [7, 11) is 0. The van der Waals surface area contributed by atoms with Crippen LogP contribution in [0.3, 0.4) is 0 Å². The highest BCUT2D eigenvalue weighted by Gasteiger charge is 2.19. The molecule has 48 heavy (non-hydrogen) atoms. The van der Waals surface area contributed by atoms with Crippen LogP contribution in [0.25, 0.3) is 91.9 Å². The van der Waals surface area contributed by atoms with E-state index in [-0.39, 0.29) is 0 Å². The van der Waals surface area contributed by atoms with Crippen LogP contribution in [0.5, 0.6) is 0 Å². The number of hydrogen-bond donors (Lipinski definition) is 0. The largest absolute Gasteiger partial charge is 0.294 e. The number of hydrogen-bond acceptors (Lipinski definition) is 2. The third kappa shape index (κ3) is 4.15. The molecule has 10 rings (SSSR count). The van der Waals surface area contributed by atoms with Gasteiger partial charge < -0.3 is 0 Å². The predicted molar refractivity (Wildman–Crippen MR) is 205 cm³/mol. The van der Waals surface area contributed by atoms with Gasteiger partial charge in [-0.3, -0.25) is 4.57 Å². The van der Waals surface area contributed by atoms with E-state index in [2.05, 4.69) is 168 Å². The molecule has 224 valence electrons. The zero-order valence-electron chi connectivity index (χ0n) is 26.0. The first kappa shape index (κ1) is 27.1. The number of nitrogens with zero attached hydrogens (tertiary/aromatic N) is 2. The zero-order valence-corrected chi connectivity index (χ0v) is 26.8. The summed E-state index contributed by atoms with van der Waals surface area (Å²) in [6, 6.07) is 59.0. The minimum Gasteiger partial charge on any atom is -0.294 e. The van der Waals surface area contributed by atoms with Crippen molar-refractivity contribution >= 4 is 64.1 Å². The third-order valence-corrected chi connectivity index (χ3v) is 10.8. The molecule has 0 aliphatic rings. The molecule has 0 N–H and O–H groups in total. The summed E-state index contributed by atoms with van der Waals surface area (Å²) in [4.78, 5) is 5.16. The lowest BCUT2D eigenvalue weighted by atomic mass is 9.91. The fourth-order valence-electron chi connectivity index (χ4n) is 7.48. The number of fused-ring (bicyclic) bond motifs is 9. The average Bonchev–Trinajstić information content (AvgIpc) is 3.71. The van der Waals surface area contributed by atoms with E-state index in [9.17, 15) is 0 Å². The highest BCUT2D eigenvalue weighted by Crippen LogP contribution is 2.44. The fraction of sp³-hybridized carbons (Fsp3) is 0.